The normalized spacial score (nSPS) is 29.1. The fourth-order valence-corrected chi connectivity index (χ4v) is 5.58. The van der Waals surface area contributed by atoms with Gasteiger partial charge in [-0.1, -0.05) is 32.1 Å². The lowest BCUT2D eigenvalue weighted by Gasteiger charge is -2.33. The molecule has 1 heterocycles. The first-order valence-electron chi connectivity index (χ1n) is 7.37. The minimum atomic E-state index is -3.12. The van der Waals surface area contributed by atoms with Crippen LogP contribution in [0.15, 0.2) is 0 Å². The van der Waals surface area contributed by atoms with Crippen molar-refractivity contribution in [2.45, 2.75) is 69.1 Å². The Kier molecular flexibility index (Phi) is 5.04. The van der Waals surface area contributed by atoms with Crippen LogP contribution in [0.25, 0.3) is 0 Å². The van der Waals surface area contributed by atoms with Gasteiger partial charge in [-0.25, -0.2) is 8.42 Å². The van der Waals surface area contributed by atoms with Crippen molar-refractivity contribution >= 4 is 10.0 Å². The molecule has 4 nitrogen and oxygen atoms in total. The summed E-state index contributed by atoms with van der Waals surface area (Å²) in [5.74, 6) is 0. The van der Waals surface area contributed by atoms with Crippen LogP contribution in [-0.2, 0) is 10.0 Å². The van der Waals surface area contributed by atoms with Gasteiger partial charge in [-0.2, -0.15) is 4.31 Å². The maximum atomic E-state index is 12.7. The molecule has 2 fully saturated rings. The largest absolute Gasteiger partial charge is 0.329 e. The van der Waals surface area contributed by atoms with Crippen LogP contribution >= 0.6 is 0 Å². The molecule has 1 unspecified atom stereocenters. The van der Waals surface area contributed by atoms with E-state index in [1.807, 2.05) is 0 Å². The molecule has 0 aromatic rings. The van der Waals surface area contributed by atoms with Gasteiger partial charge < -0.3 is 5.73 Å². The fraction of sp³-hybridized carbons (Fsp3) is 1.00. The monoisotopic (exact) mass is 274 g/mol. The summed E-state index contributed by atoms with van der Waals surface area (Å²) >= 11 is 0. The molecule has 0 amide bonds. The Morgan fingerprint density at radius 2 is 1.56 bits per heavy atom. The predicted molar refractivity (Wildman–Crippen MR) is 73.8 cm³/mol. The lowest BCUT2D eigenvalue weighted by atomic mass is 10.0. The lowest BCUT2D eigenvalue weighted by molar-refractivity contribution is 0.317. The maximum absolute atomic E-state index is 12.7. The highest BCUT2D eigenvalue weighted by Gasteiger charge is 2.36. The Morgan fingerprint density at radius 1 is 0.944 bits per heavy atom. The van der Waals surface area contributed by atoms with Gasteiger partial charge in [0.05, 0.1) is 5.25 Å². The van der Waals surface area contributed by atoms with Gasteiger partial charge in [0.1, 0.15) is 0 Å². The molecule has 1 aliphatic carbocycles. The summed E-state index contributed by atoms with van der Waals surface area (Å²) in [6, 6.07) is 0.0411. The minimum Gasteiger partial charge on any atom is -0.329 e. The Bertz CT molecular complexity index is 350. The summed E-state index contributed by atoms with van der Waals surface area (Å²) in [6.45, 7) is 1.15. The lowest BCUT2D eigenvalue weighted by Crippen LogP contribution is -2.48. The number of sulfonamides is 1. The summed E-state index contributed by atoms with van der Waals surface area (Å²) < 4.78 is 27.2. The van der Waals surface area contributed by atoms with Crippen molar-refractivity contribution in [1.82, 2.24) is 4.31 Å². The van der Waals surface area contributed by atoms with Gasteiger partial charge in [-0.15, -0.1) is 0 Å². The molecule has 0 aromatic heterocycles. The topological polar surface area (TPSA) is 63.4 Å². The number of nitrogens with zero attached hydrogens (tertiary/aromatic N) is 1. The SMILES string of the molecule is NCC1CCCCCN1S(=O)(=O)C1CCCCC1. The molecule has 0 spiro atoms. The van der Waals surface area contributed by atoms with Gasteiger partial charge in [0.25, 0.3) is 0 Å². The van der Waals surface area contributed by atoms with Crippen LogP contribution in [0, 0.1) is 0 Å². The quantitative estimate of drug-likeness (QED) is 0.854. The predicted octanol–water partition coefficient (Wildman–Crippen LogP) is 1.85. The zero-order chi connectivity index (χ0) is 13.0. The maximum Gasteiger partial charge on any atom is 0.217 e. The summed E-state index contributed by atoms with van der Waals surface area (Å²) in [7, 11) is -3.12. The zero-order valence-electron chi connectivity index (χ0n) is 11.2. The molecule has 1 aliphatic heterocycles. The number of nitrogens with two attached hydrogens (primary N) is 1. The Balaban J connectivity index is 2.14. The van der Waals surface area contributed by atoms with Crippen LogP contribution in [0.4, 0.5) is 0 Å². The van der Waals surface area contributed by atoms with Crippen molar-refractivity contribution in [3.63, 3.8) is 0 Å². The number of hydrogen-bond acceptors (Lipinski definition) is 3. The second-order valence-electron chi connectivity index (χ2n) is 5.65. The van der Waals surface area contributed by atoms with Crippen molar-refractivity contribution in [2.75, 3.05) is 13.1 Å². The molecule has 0 radical (unpaired) electrons. The van der Waals surface area contributed by atoms with Crippen molar-refractivity contribution in [1.29, 1.82) is 0 Å². The highest BCUT2D eigenvalue weighted by molar-refractivity contribution is 7.89. The highest BCUT2D eigenvalue weighted by atomic mass is 32.2. The first-order valence-corrected chi connectivity index (χ1v) is 8.87. The summed E-state index contributed by atoms with van der Waals surface area (Å²) in [5, 5.41) is -0.140. The Hall–Kier alpha value is -0.130. The van der Waals surface area contributed by atoms with E-state index in [1.54, 1.807) is 4.31 Å². The van der Waals surface area contributed by atoms with Crippen LogP contribution in [0.3, 0.4) is 0 Å². The van der Waals surface area contributed by atoms with E-state index in [-0.39, 0.29) is 11.3 Å². The van der Waals surface area contributed by atoms with Crippen LogP contribution in [0.1, 0.15) is 57.8 Å². The van der Waals surface area contributed by atoms with Crippen LogP contribution in [0.2, 0.25) is 0 Å². The van der Waals surface area contributed by atoms with E-state index in [0.717, 1.165) is 51.4 Å². The molecule has 1 atom stereocenters. The van der Waals surface area contributed by atoms with Gasteiger partial charge in [-0.05, 0) is 25.7 Å². The average molecular weight is 274 g/mol. The smallest absolute Gasteiger partial charge is 0.217 e. The van der Waals surface area contributed by atoms with Gasteiger partial charge in [0.15, 0.2) is 0 Å². The van der Waals surface area contributed by atoms with Gasteiger partial charge in [-0.3, -0.25) is 0 Å². The van der Waals surface area contributed by atoms with Crippen LogP contribution in [-0.4, -0.2) is 37.1 Å². The Labute approximate surface area is 111 Å². The molecule has 1 saturated heterocycles. The summed E-state index contributed by atoms with van der Waals surface area (Å²) in [4.78, 5) is 0. The van der Waals surface area contributed by atoms with E-state index in [4.69, 9.17) is 5.73 Å². The van der Waals surface area contributed by atoms with Gasteiger partial charge in [0.2, 0.25) is 10.0 Å². The first kappa shape index (κ1) is 14.3. The summed E-state index contributed by atoms with van der Waals surface area (Å²) in [6.07, 6.45) is 9.16. The molecular weight excluding hydrogens is 248 g/mol. The molecular formula is C13H26N2O2S. The minimum absolute atomic E-state index is 0.0411. The molecule has 2 N–H and O–H groups in total. The molecule has 1 saturated carbocycles. The van der Waals surface area contributed by atoms with Crippen LogP contribution in [0.5, 0.6) is 0 Å². The molecule has 18 heavy (non-hydrogen) atoms. The van der Waals surface area contributed by atoms with Crippen LogP contribution < -0.4 is 5.73 Å². The van der Waals surface area contributed by atoms with E-state index in [1.165, 1.54) is 6.42 Å². The third kappa shape index (κ3) is 3.06. The number of rotatable bonds is 3. The Morgan fingerprint density at radius 3 is 2.22 bits per heavy atom. The standard InChI is InChI=1S/C13H26N2O2S/c14-11-12-7-3-2-6-10-15(12)18(16,17)13-8-4-1-5-9-13/h12-13H,1-11,14H2. The molecule has 5 heteroatoms. The number of hydrogen-bond donors (Lipinski definition) is 1. The van der Waals surface area contributed by atoms with E-state index >= 15 is 0 Å². The van der Waals surface area contributed by atoms with E-state index in [9.17, 15) is 8.42 Å². The zero-order valence-corrected chi connectivity index (χ0v) is 12.0. The highest BCUT2D eigenvalue weighted by Crippen LogP contribution is 2.29. The molecule has 0 bridgehead atoms. The van der Waals surface area contributed by atoms with Gasteiger partial charge >= 0.3 is 0 Å². The van der Waals surface area contributed by atoms with Crippen molar-refractivity contribution in [3.05, 3.63) is 0 Å². The van der Waals surface area contributed by atoms with E-state index in [0.29, 0.717) is 13.1 Å². The fourth-order valence-electron chi connectivity index (χ4n) is 3.28. The summed E-state index contributed by atoms with van der Waals surface area (Å²) in [5.41, 5.74) is 5.78. The third-order valence-electron chi connectivity index (χ3n) is 4.40. The first-order chi connectivity index (χ1) is 8.66. The second kappa shape index (κ2) is 6.35. The average Bonchev–Trinajstić information content (AvgIpc) is 2.65. The second-order valence-corrected chi connectivity index (χ2v) is 7.82. The molecule has 0 aromatic carbocycles. The molecule has 2 rings (SSSR count). The molecule has 106 valence electrons. The molecule has 2 aliphatic rings. The van der Waals surface area contributed by atoms with E-state index in [2.05, 4.69) is 0 Å². The van der Waals surface area contributed by atoms with Crippen molar-refractivity contribution in [3.8, 4) is 0 Å². The third-order valence-corrected chi connectivity index (χ3v) is 6.84. The van der Waals surface area contributed by atoms with Crippen molar-refractivity contribution < 1.29 is 8.42 Å². The van der Waals surface area contributed by atoms with E-state index < -0.39 is 10.0 Å². The van der Waals surface area contributed by atoms with Crippen molar-refractivity contribution in [2.24, 2.45) is 5.73 Å². The van der Waals surface area contributed by atoms with Gasteiger partial charge in [0, 0.05) is 19.1 Å².